The van der Waals surface area contributed by atoms with Gasteiger partial charge < -0.3 is 9.47 Å². The number of carbonyl (C=O) groups is 1. The first-order chi connectivity index (χ1) is 12.4. The van der Waals surface area contributed by atoms with Crippen molar-refractivity contribution in [3.8, 4) is 16.9 Å². The highest BCUT2D eigenvalue weighted by atomic mass is 19.3. The van der Waals surface area contributed by atoms with Gasteiger partial charge in [-0.05, 0) is 43.3 Å². The summed E-state index contributed by atoms with van der Waals surface area (Å²) in [6.07, 6.45) is 1.59. The molecule has 26 heavy (non-hydrogen) atoms. The summed E-state index contributed by atoms with van der Waals surface area (Å²) in [7, 11) is 1.87. The molecule has 140 valence electrons. The van der Waals surface area contributed by atoms with E-state index in [0.29, 0.717) is 30.7 Å². The zero-order valence-electron chi connectivity index (χ0n) is 14.4. The van der Waals surface area contributed by atoms with E-state index >= 15 is 0 Å². The van der Waals surface area contributed by atoms with Crippen LogP contribution < -0.4 is 4.74 Å². The molecule has 1 aromatic heterocycles. The van der Waals surface area contributed by atoms with Gasteiger partial charge in [-0.3, -0.25) is 14.7 Å². The predicted octanol–water partition coefficient (Wildman–Crippen LogP) is 3.40. The van der Waals surface area contributed by atoms with Crippen LogP contribution in [0.5, 0.6) is 5.75 Å². The first-order valence-corrected chi connectivity index (χ1v) is 7.84. The van der Waals surface area contributed by atoms with Gasteiger partial charge in [0.1, 0.15) is 6.61 Å². The van der Waals surface area contributed by atoms with E-state index in [0.717, 1.165) is 17.3 Å². The number of halogens is 3. The van der Waals surface area contributed by atoms with Crippen molar-refractivity contribution < 1.29 is 27.4 Å². The molecule has 0 fully saturated rings. The van der Waals surface area contributed by atoms with Crippen LogP contribution in [0.25, 0.3) is 11.1 Å². The van der Waals surface area contributed by atoms with Crippen molar-refractivity contribution in [2.75, 3.05) is 20.2 Å². The van der Waals surface area contributed by atoms with Crippen molar-refractivity contribution >= 4 is 6.47 Å². The van der Waals surface area contributed by atoms with E-state index in [9.17, 15) is 18.0 Å². The molecule has 1 heterocycles. The molecule has 0 saturated heterocycles. The van der Waals surface area contributed by atoms with Gasteiger partial charge in [0.25, 0.3) is 6.47 Å². The Hall–Kier alpha value is -2.61. The zero-order chi connectivity index (χ0) is 19.1. The van der Waals surface area contributed by atoms with Gasteiger partial charge in [-0.1, -0.05) is 6.07 Å². The Balaban J connectivity index is 2.22. The standard InChI is InChI=1S/C18H19F3N2O3/c1-12-15(10-23(2)5-6-25-11-24)7-14(9-22-12)13-3-4-16(19)17(8-13)26-18(20)21/h3-4,7-9,11,18H,5-6,10H2,1-2H3. The van der Waals surface area contributed by atoms with Crippen molar-refractivity contribution in [3.63, 3.8) is 0 Å². The number of alkyl halides is 2. The lowest BCUT2D eigenvalue weighted by Gasteiger charge is -2.18. The number of rotatable bonds is 9. The van der Waals surface area contributed by atoms with Crippen LogP contribution in [0.4, 0.5) is 13.2 Å². The molecule has 0 bridgehead atoms. The fourth-order valence-corrected chi connectivity index (χ4v) is 2.39. The van der Waals surface area contributed by atoms with Crippen LogP contribution in [-0.4, -0.2) is 43.2 Å². The quantitative estimate of drug-likeness (QED) is 0.502. The first kappa shape index (κ1) is 19.7. The zero-order valence-corrected chi connectivity index (χ0v) is 14.4. The number of aryl methyl sites for hydroxylation is 1. The molecule has 0 saturated carbocycles. The minimum Gasteiger partial charge on any atom is -0.467 e. The summed E-state index contributed by atoms with van der Waals surface area (Å²) in [5.41, 5.74) is 2.89. The van der Waals surface area contributed by atoms with Crippen LogP contribution in [0.2, 0.25) is 0 Å². The second-order valence-corrected chi connectivity index (χ2v) is 5.70. The Labute approximate surface area is 149 Å². The van der Waals surface area contributed by atoms with Gasteiger partial charge in [-0.2, -0.15) is 8.78 Å². The highest BCUT2D eigenvalue weighted by Crippen LogP contribution is 2.28. The summed E-state index contributed by atoms with van der Waals surface area (Å²) in [5, 5.41) is 0. The van der Waals surface area contributed by atoms with Crippen LogP contribution in [-0.2, 0) is 16.1 Å². The molecule has 0 atom stereocenters. The summed E-state index contributed by atoms with van der Waals surface area (Å²) in [6.45, 7) is 0.522. The summed E-state index contributed by atoms with van der Waals surface area (Å²) >= 11 is 0. The number of hydrogen-bond donors (Lipinski definition) is 0. The third-order valence-electron chi connectivity index (χ3n) is 3.77. The van der Waals surface area contributed by atoms with Gasteiger partial charge in [-0.15, -0.1) is 0 Å². The van der Waals surface area contributed by atoms with Crippen molar-refractivity contribution in [2.45, 2.75) is 20.1 Å². The molecule has 2 aromatic rings. The largest absolute Gasteiger partial charge is 0.467 e. The fourth-order valence-electron chi connectivity index (χ4n) is 2.39. The second-order valence-electron chi connectivity index (χ2n) is 5.70. The summed E-state index contributed by atoms with van der Waals surface area (Å²) in [4.78, 5) is 16.5. The van der Waals surface area contributed by atoms with Crippen molar-refractivity contribution in [1.82, 2.24) is 9.88 Å². The second kappa shape index (κ2) is 9.19. The van der Waals surface area contributed by atoms with Gasteiger partial charge in [-0.25, -0.2) is 4.39 Å². The first-order valence-electron chi connectivity index (χ1n) is 7.84. The van der Waals surface area contributed by atoms with Crippen LogP contribution in [0.15, 0.2) is 30.5 Å². The Morgan fingerprint density at radius 2 is 2.04 bits per heavy atom. The molecule has 0 amide bonds. The van der Waals surface area contributed by atoms with Crippen LogP contribution in [0, 0.1) is 12.7 Å². The summed E-state index contributed by atoms with van der Waals surface area (Å²) < 4.78 is 47.2. The molecule has 2 rings (SSSR count). The molecule has 0 unspecified atom stereocenters. The molecular formula is C18H19F3N2O3. The molecule has 0 aliphatic rings. The van der Waals surface area contributed by atoms with E-state index in [1.807, 2.05) is 24.9 Å². The van der Waals surface area contributed by atoms with Crippen molar-refractivity contribution in [2.24, 2.45) is 0 Å². The molecular weight excluding hydrogens is 349 g/mol. The van der Waals surface area contributed by atoms with E-state index in [1.165, 1.54) is 12.1 Å². The third kappa shape index (κ3) is 5.45. The third-order valence-corrected chi connectivity index (χ3v) is 3.77. The van der Waals surface area contributed by atoms with E-state index in [2.05, 4.69) is 14.5 Å². The monoisotopic (exact) mass is 368 g/mol. The lowest BCUT2D eigenvalue weighted by atomic mass is 10.0. The van der Waals surface area contributed by atoms with Crippen molar-refractivity contribution in [1.29, 1.82) is 0 Å². The maximum absolute atomic E-state index is 13.6. The Kier molecular flexibility index (Phi) is 6.97. The maximum atomic E-state index is 13.6. The highest BCUT2D eigenvalue weighted by Gasteiger charge is 2.13. The lowest BCUT2D eigenvalue weighted by Crippen LogP contribution is -2.23. The fraction of sp³-hybridized carbons (Fsp3) is 0.333. The molecule has 1 aromatic carbocycles. The van der Waals surface area contributed by atoms with Crippen LogP contribution in [0.1, 0.15) is 11.3 Å². The van der Waals surface area contributed by atoms with Gasteiger partial charge in [0, 0.05) is 30.5 Å². The summed E-state index contributed by atoms with van der Waals surface area (Å²) in [6, 6.07) is 5.64. The molecule has 0 aliphatic heterocycles. The minimum absolute atomic E-state index is 0.276. The molecule has 0 radical (unpaired) electrons. The Morgan fingerprint density at radius 3 is 2.73 bits per heavy atom. The number of likely N-dealkylation sites (N-methyl/N-ethyl adjacent to an activating group) is 1. The number of hydrogen-bond acceptors (Lipinski definition) is 5. The normalized spacial score (nSPS) is 11.0. The van der Waals surface area contributed by atoms with Gasteiger partial charge in [0.15, 0.2) is 11.6 Å². The van der Waals surface area contributed by atoms with Gasteiger partial charge in [0.05, 0.1) is 0 Å². The topological polar surface area (TPSA) is 51.7 Å². The number of nitrogens with zero attached hydrogens (tertiary/aromatic N) is 2. The number of pyridine rings is 1. The minimum atomic E-state index is -3.10. The predicted molar refractivity (Wildman–Crippen MR) is 89.4 cm³/mol. The molecule has 0 N–H and O–H groups in total. The Morgan fingerprint density at radius 1 is 1.27 bits per heavy atom. The molecule has 8 heteroatoms. The molecule has 0 spiro atoms. The average molecular weight is 368 g/mol. The van der Waals surface area contributed by atoms with E-state index in [4.69, 9.17) is 0 Å². The van der Waals surface area contributed by atoms with Gasteiger partial charge in [0.2, 0.25) is 0 Å². The van der Waals surface area contributed by atoms with Crippen molar-refractivity contribution in [3.05, 3.63) is 47.5 Å². The molecule has 0 aliphatic carbocycles. The van der Waals surface area contributed by atoms with E-state index in [-0.39, 0.29) is 6.61 Å². The number of ether oxygens (including phenoxy) is 2. The Bertz CT molecular complexity index is 756. The smallest absolute Gasteiger partial charge is 0.387 e. The number of aromatic nitrogens is 1. The van der Waals surface area contributed by atoms with Crippen LogP contribution >= 0.6 is 0 Å². The lowest BCUT2D eigenvalue weighted by molar-refractivity contribution is -0.129. The SMILES string of the molecule is Cc1ncc(-c2ccc(F)c(OC(F)F)c2)cc1CN(C)CCOC=O. The van der Waals surface area contributed by atoms with Gasteiger partial charge >= 0.3 is 6.61 Å². The molecule has 5 nitrogen and oxygen atoms in total. The highest BCUT2D eigenvalue weighted by molar-refractivity contribution is 5.65. The van der Waals surface area contributed by atoms with E-state index in [1.54, 1.807) is 6.20 Å². The van der Waals surface area contributed by atoms with Crippen LogP contribution in [0.3, 0.4) is 0 Å². The number of carbonyl (C=O) groups excluding carboxylic acids is 1. The average Bonchev–Trinajstić information content (AvgIpc) is 2.59. The summed E-state index contributed by atoms with van der Waals surface area (Å²) in [5.74, 6) is -1.37. The van der Waals surface area contributed by atoms with E-state index < -0.39 is 18.2 Å². The number of benzene rings is 1. The maximum Gasteiger partial charge on any atom is 0.387 e.